The highest BCUT2D eigenvalue weighted by atomic mass is 32.1. The van der Waals surface area contributed by atoms with E-state index in [1.165, 1.54) is 11.3 Å². The average Bonchev–Trinajstić information content (AvgIpc) is 3.02. The minimum absolute atomic E-state index is 0.00917. The van der Waals surface area contributed by atoms with Crippen LogP contribution in [0.15, 0.2) is 30.3 Å². The van der Waals surface area contributed by atoms with Gasteiger partial charge in [0, 0.05) is 17.9 Å². The minimum Gasteiger partial charge on any atom is -0.481 e. The molecule has 0 saturated carbocycles. The highest BCUT2D eigenvalue weighted by molar-refractivity contribution is 7.15. The van der Waals surface area contributed by atoms with Gasteiger partial charge >= 0.3 is 12.0 Å². The van der Waals surface area contributed by atoms with Gasteiger partial charge in [-0.3, -0.25) is 10.1 Å². The molecule has 2 rings (SSSR count). The van der Waals surface area contributed by atoms with Gasteiger partial charge in [0.25, 0.3) is 0 Å². The molecule has 7 nitrogen and oxygen atoms in total. The van der Waals surface area contributed by atoms with E-state index in [1.807, 2.05) is 51.1 Å². The molecule has 1 aromatic carbocycles. The number of aromatic nitrogens is 2. The Morgan fingerprint density at radius 1 is 1.19 bits per heavy atom. The van der Waals surface area contributed by atoms with Crippen molar-refractivity contribution >= 4 is 28.5 Å². The lowest BCUT2D eigenvalue weighted by Crippen LogP contribution is -2.39. The topological polar surface area (TPSA) is 104 Å². The summed E-state index contributed by atoms with van der Waals surface area (Å²) in [6.07, 6.45) is 0.899. The van der Waals surface area contributed by atoms with Gasteiger partial charge in [-0.05, 0) is 18.4 Å². The molecular weight excluding hydrogens is 352 g/mol. The third kappa shape index (κ3) is 6.44. The van der Waals surface area contributed by atoms with Crippen molar-refractivity contribution in [1.82, 2.24) is 15.5 Å². The van der Waals surface area contributed by atoms with Crippen LogP contribution in [0.1, 0.15) is 44.2 Å². The van der Waals surface area contributed by atoms with E-state index in [9.17, 15) is 9.59 Å². The molecule has 0 aliphatic rings. The Bertz CT molecular complexity index is 740. The monoisotopic (exact) mass is 376 g/mol. The van der Waals surface area contributed by atoms with Crippen molar-refractivity contribution in [2.75, 3.05) is 5.32 Å². The Morgan fingerprint density at radius 3 is 2.46 bits per heavy atom. The van der Waals surface area contributed by atoms with E-state index in [4.69, 9.17) is 5.11 Å². The van der Waals surface area contributed by atoms with Crippen LogP contribution in [0.3, 0.4) is 0 Å². The zero-order valence-corrected chi connectivity index (χ0v) is 16.0. The van der Waals surface area contributed by atoms with Crippen molar-refractivity contribution in [2.24, 2.45) is 0 Å². The largest absolute Gasteiger partial charge is 0.481 e. The quantitative estimate of drug-likeness (QED) is 0.687. The third-order valence-electron chi connectivity index (χ3n) is 3.65. The van der Waals surface area contributed by atoms with Gasteiger partial charge in [-0.15, -0.1) is 10.2 Å². The number of nitrogens with zero attached hydrogens (tertiary/aromatic N) is 2. The predicted octanol–water partition coefficient (Wildman–Crippen LogP) is 3.43. The van der Waals surface area contributed by atoms with Crippen LogP contribution in [0.5, 0.6) is 0 Å². The predicted molar refractivity (Wildman–Crippen MR) is 102 cm³/mol. The second kappa shape index (κ2) is 8.75. The van der Waals surface area contributed by atoms with E-state index in [0.717, 1.165) is 10.6 Å². The Hall–Kier alpha value is -2.48. The summed E-state index contributed by atoms with van der Waals surface area (Å²) in [5.41, 5.74) is 0.903. The van der Waals surface area contributed by atoms with E-state index < -0.39 is 12.0 Å². The molecule has 0 saturated heterocycles. The molecule has 1 aromatic heterocycles. The van der Waals surface area contributed by atoms with Crippen LogP contribution in [-0.2, 0) is 16.6 Å². The summed E-state index contributed by atoms with van der Waals surface area (Å²) in [5.74, 6) is -0.885. The van der Waals surface area contributed by atoms with Crippen molar-refractivity contribution < 1.29 is 14.7 Å². The molecule has 2 amide bonds. The van der Waals surface area contributed by atoms with Gasteiger partial charge in [0.05, 0.1) is 0 Å². The molecule has 0 aliphatic heterocycles. The molecule has 1 atom stereocenters. The fraction of sp³-hybridized carbons (Fsp3) is 0.444. The van der Waals surface area contributed by atoms with Gasteiger partial charge < -0.3 is 10.4 Å². The first-order valence-corrected chi connectivity index (χ1v) is 9.23. The molecule has 26 heavy (non-hydrogen) atoms. The number of anilines is 1. The molecule has 2 aromatic rings. The Kier molecular flexibility index (Phi) is 6.68. The molecule has 0 radical (unpaired) electrons. The van der Waals surface area contributed by atoms with E-state index >= 15 is 0 Å². The fourth-order valence-corrected chi connectivity index (χ4v) is 3.11. The van der Waals surface area contributed by atoms with Crippen molar-refractivity contribution in [2.45, 2.75) is 51.5 Å². The van der Waals surface area contributed by atoms with Gasteiger partial charge in [-0.1, -0.05) is 62.4 Å². The van der Waals surface area contributed by atoms with Gasteiger partial charge in [-0.2, -0.15) is 0 Å². The number of carboxylic acids is 1. The van der Waals surface area contributed by atoms with Gasteiger partial charge in [0.15, 0.2) is 0 Å². The SMILES string of the molecule is CC(C)(C)c1nnc(NC(=O)NC(CCC(=O)O)Cc2ccccc2)s1. The zero-order valence-electron chi connectivity index (χ0n) is 15.2. The summed E-state index contributed by atoms with van der Waals surface area (Å²) in [7, 11) is 0. The molecule has 1 unspecified atom stereocenters. The van der Waals surface area contributed by atoms with E-state index in [-0.39, 0.29) is 17.9 Å². The van der Waals surface area contributed by atoms with Crippen molar-refractivity contribution in [3.8, 4) is 0 Å². The van der Waals surface area contributed by atoms with Crippen LogP contribution >= 0.6 is 11.3 Å². The number of carbonyl (C=O) groups is 2. The number of urea groups is 1. The number of carboxylic acid groups (broad SMARTS) is 1. The van der Waals surface area contributed by atoms with Crippen LogP contribution in [0.4, 0.5) is 9.93 Å². The average molecular weight is 376 g/mol. The zero-order chi connectivity index (χ0) is 19.2. The van der Waals surface area contributed by atoms with Crippen molar-refractivity contribution in [1.29, 1.82) is 0 Å². The second-order valence-electron chi connectivity index (χ2n) is 7.08. The standard InChI is InChI=1S/C18H24N4O3S/c1-18(2,3)15-21-22-17(26-15)20-16(25)19-13(9-10-14(23)24)11-12-7-5-4-6-8-12/h4-8,13H,9-11H2,1-3H3,(H,23,24)(H2,19,20,22,25). The number of amides is 2. The lowest BCUT2D eigenvalue weighted by atomic mass is 9.98. The first-order chi connectivity index (χ1) is 12.2. The van der Waals surface area contributed by atoms with Crippen LogP contribution < -0.4 is 10.6 Å². The molecular formula is C18H24N4O3S. The second-order valence-corrected chi connectivity index (χ2v) is 8.06. The highest BCUT2D eigenvalue weighted by Crippen LogP contribution is 2.27. The maximum Gasteiger partial charge on any atom is 0.321 e. The first kappa shape index (κ1) is 19.8. The number of aliphatic carboxylic acids is 1. The Labute approximate surface area is 156 Å². The fourth-order valence-electron chi connectivity index (χ4n) is 2.32. The number of carbonyl (C=O) groups excluding carboxylic acids is 1. The number of rotatable bonds is 7. The van der Waals surface area contributed by atoms with Crippen molar-refractivity contribution in [3.63, 3.8) is 0 Å². The highest BCUT2D eigenvalue weighted by Gasteiger charge is 2.21. The Morgan fingerprint density at radius 2 is 1.88 bits per heavy atom. The molecule has 8 heteroatoms. The van der Waals surface area contributed by atoms with Crippen LogP contribution in [0, 0.1) is 0 Å². The van der Waals surface area contributed by atoms with Gasteiger partial charge in [0.1, 0.15) is 5.01 Å². The summed E-state index contributed by atoms with van der Waals surface area (Å²) in [4.78, 5) is 23.2. The molecule has 0 spiro atoms. The third-order valence-corrected chi connectivity index (χ3v) is 4.92. The lowest BCUT2D eigenvalue weighted by Gasteiger charge is -2.18. The summed E-state index contributed by atoms with van der Waals surface area (Å²) in [6, 6.07) is 8.95. The van der Waals surface area contributed by atoms with Gasteiger partial charge in [0.2, 0.25) is 5.13 Å². The summed E-state index contributed by atoms with van der Waals surface area (Å²) in [5, 5.41) is 23.8. The molecule has 0 bridgehead atoms. The van der Waals surface area contributed by atoms with Gasteiger partial charge in [-0.25, -0.2) is 4.79 Å². The maximum absolute atomic E-state index is 12.3. The number of nitrogens with one attached hydrogen (secondary N) is 2. The first-order valence-electron chi connectivity index (χ1n) is 8.41. The molecule has 0 aliphatic carbocycles. The summed E-state index contributed by atoms with van der Waals surface area (Å²) >= 11 is 1.33. The molecule has 3 N–H and O–H groups in total. The van der Waals surface area contributed by atoms with E-state index in [2.05, 4.69) is 20.8 Å². The smallest absolute Gasteiger partial charge is 0.321 e. The number of benzene rings is 1. The van der Waals surface area contributed by atoms with Crippen molar-refractivity contribution in [3.05, 3.63) is 40.9 Å². The lowest BCUT2D eigenvalue weighted by molar-refractivity contribution is -0.137. The van der Waals surface area contributed by atoms with Crippen LogP contribution in [0.2, 0.25) is 0 Å². The summed E-state index contributed by atoms with van der Waals surface area (Å²) in [6.45, 7) is 6.08. The minimum atomic E-state index is -0.885. The maximum atomic E-state index is 12.3. The van der Waals surface area contributed by atoms with E-state index in [1.54, 1.807) is 0 Å². The normalized spacial score (nSPS) is 12.4. The van der Waals surface area contributed by atoms with Crippen LogP contribution in [0.25, 0.3) is 0 Å². The summed E-state index contributed by atoms with van der Waals surface area (Å²) < 4.78 is 0. The molecule has 0 fully saturated rings. The number of hydrogen-bond acceptors (Lipinski definition) is 5. The Balaban J connectivity index is 1.98. The van der Waals surface area contributed by atoms with Crippen LogP contribution in [-0.4, -0.2) is 33.3 Å². The molecule has 1 heterocycles. The molecule has 140 valence electrons. The van der Waals surface area contributed by atoms with E-state index in [0.29, 0.717) is 18.0 Å². The number of hydrogen-bond donors (Lipinski definition) is 3.